The van der Waals surface area contributed by atoms with Crippen LogP contribution in [0.15, 0.2) is 58.2 Å². The highest BCUT2D eigenvalue weighted by atomic mass is 32.2. The van der Waals surface area contributed by atoms with E-state index in [0.29, 0.717) is 32.1 Å². The van der Waals surface area contributed by atoms with E-state index in [-0.39, 0.29) is 17.2 Å². The van der Waals surface area contributed by atoms with E-state index in [2.05, 4.69) is 0 Å². The first-order chi connectivity index (χ1) is 15.4. The highest BCUT2D eigenvalue weighted by Gasteiger charge is 2.37. The summed E-state index contributed by atoms with van der Waals surface area (Å²) in [5, 5.41) is 0. The first-order valence-electron chi connectivity index (χ1n) is 9.71. The van der Waals surface area contributed by atoms with E-state index in [1.165, 1.54) is 9.58 Å². The van der Waals surface area contributed by atoms with Gasteiger partial charge in [-0.25, -0.2) is 4.68 Å². The minimum absolute atomic E-state index is 0.259. The Labute approximate surface area is 194 Å². The molecular weight excluding hydrogens is 446 g/mol. The number of thioether (sulfide) groups is 1. The van der Waals surface area contributed by atoms with Crippen LogP contribution in [0.2, 0.25) is 0 Å². The molecule has 0 saturated carbocycles. The van der Waals surface area contributed by atoms with Crippen LogP contribution in [0.25, 0.3) is 11.8 Å². The minimum Gasteiger partial charge on any atom is -0.493 e. The summed E-state index contributed by atoms with van der Waals surface area (Å²) in [7, 11) is 4.90. The number of aromatic nitrogens is 2. The molecule has 2 heterocycles. The lowest BCUT2D eigenvalue weighted by atomic mass is 10.2. The maximum absolute atomic E-state index is 13.3. The molecular formula is C23H21N3O4S2. The number of carbonyl (C=O) groups is 1. The van der Waals surface area contributed by atoms with Crippen LogP contribution < -0.4 is 19.9 Å². The normalized spacial score (nSPS) is 15.0. The van der Waals surface area contributed by atoms with E-state index < -0.39 is 0 Å². The molecule has 2 aromatic carbocycles. The third-order valence-corrected chi connectivity index (χ3v) is 6.55. The molecule has 4 rings (SSSR count). The van der Waals surface area contributed by atoms with Crippen molar-refractivity contribution in [2.24, 2.45) is 7.05 Å². The number of amides is 1. The van der Waals surface area contributed by atoms with Crippen LogP contribution >= 0.6 is 24.0 Å². The highest BCUT2D eigenvalue weighted by Crippen LogP contribution is 2.37. The number of methoxy groups -OCH3 is 2. The molecule has 0 aliphatic carbocycles. The summed E-state index contributed by atoms with van der Waals surface area (Å²) < 4.78 is 14.2. The van der Waals surface area contributed by atoms with E-state index in [9.17, 15) is 9.59 Å². The highest BCUT2D eigenvalue weighted by molar-refractivity contribution is 8.27. The Morgan fingerprint density at radius 2 is 1.69 bits per heavy atom. The summed E-state index contributed by atoms with van der Waals surface area (Å²) >= 11 is 6.66. The van der Waals surface area contributed by atoms with Gasteiger partial charge in [0.1, 0.15) is 5.69 Å². The van der Waals surface area contributed by atoms with Crippen LogP contribution in [-0.4, -0.2) is 33.8 Å². The number of ether oxygens (including phenoxy) is 2. The summed E-state index contributed by atoms with van der Waals surface area (Å²) in [6, 6.07) is 14.6. The molecule has 0 unspecified atom stereocenters. The van der Waals surface area contributed by atoms with Gasteiger partial charge in [0.15, 0.2) is 15.8 Å². The maximum atomic E-state index is 13.3. The Balaban J connectivity index is 1.75. The SMILES string of the molecule is COc1ccc(/C=C2/SC(=S)N(c3c(C)n(C)n(-c4ccccc4)c3=O)C2=O)cc1OC. The molecule has 0 atom stereocenters. The van der Waals surface area contributed by atoms with Crippen molar-refractivity contribution < 1.29 is 14.3 Å². The van der Waals surface area contributed by atoms with E-state index in [1.807, 2.05) is 36.4 Å². The average molecular weight is 468 g/mol. The number of hydrogen-bond donors (Lipinski definition) is 0. The van der Waals surface area contributed by atoms with E-state index in [4.69, 9.17) is 21.7 Å². The lowest BCUT2D eigenvalue weighted by molar-refractivity contribution is -0.113. The number of thiocarbonyl (C=S) groups is 1. The number of carbonyl (C=O) groups excluding carboxylic acids is 1. The number of para-hydroxylation sites is 1. The van der Waals surface area contributed by atoms with Crippen LogP contribution in [0, 0.1) is 6.92 Å². The fourth-order valence-electron chi connectivity index (χ4n) is 3.57. The average Bonchev–Trinajstić information content (AvgIpc) is 3.19. The van der Waals surface area contributed by atoms with Crippen LogP contribution in [0.1, 0.15) is 11.3 Å². The fourth-order valence-corrected chi connectivity index (χ4v) is 4.84. The first kappa shape index (κ1) is 21.9. The quantitative estimate of drug-likeness (QED) is 0.419. The summed E-state index contributed by atoms with van der Waals surface area (Å²) in [5.41, 5.74) is 2.06. The zero-order valence-electron chi connectivity index (χ0n) is 18.0. The van der Waals surface area contributed by atoms with Gasteiger partial charge in [0, 0.05) is 7.05 Å². The molecule has 0 radical (unpaired) electrons. The van der Waals surface area contributed by atoms with Crippen molar-refractivity contribution in [3.63, 3.8) is 0 Å². The Hall–Kier alpha value is -3.30. The molecule has 1 aliphatic rings. The van der Waals surface area contributed by atoms with Crippen molar-refractivity contribution >= 4 is 46.0 Å². The summed E-state index contributed by atoms with van der Waals surface area (Å²) in [4.78, 5) is 28.4. The number of hydrogen-bond acceptors (Lipinski definition) is 6. The fraction of sp³-hybridized carbons (Fsp3) is 0.174. The van der Waals surface area contributed by atoms with Crippen LogP contribution in [-0.2, 0) is 11.8 Å². The third kappa shape index (κ3) is 3.63. The van der Waals surface area contributed by atoms with Crippen molar-refractivity contribution in [2.45, 2.75) is 6.92 Å². The Morgan fingerprint density at radius 3 is 2.34 bits per heavy atom. The second kappa shape index (κ2) is 8.68. The zero-order valence-corrected chi connectivity index (χ0v) is 19.6. The van der Waals surface area contributed by atoms with Gasteiger partial charge in [0.25, 0.3) is 11.5 Å². The molecule has 7 nitrogen and oxygen atoms in total. The molecule has 1 saturated heterocycles. The van der Waals surface area contributed by atoms with Crippen molar-refractivity contribution in [3.8, 4) is 17.2 Å². The number of benzene rings is 2. The van der Waals surface area contributed by atoms with Crippen molar-refractivity contribution in [1.82, 2.24) is 9.36 Å². The van der Waals surface area contributed by atoms with Gasteiger partial charge in [-0.3, -0.25) is 19.2 Å². The smallest absolute Gasteiger partial charge is 0.296 e. The molecule has 1 fully saturated rings. The molecule has 3 aromatic rings. The predicted molar refractivity (Wildman–Crippen MR) is 131 cm³/mol. The molecule has 1 aliphatic heterocycles. The number of anilines is 1. The molecule has 9 heteroatoms. The number of rotatable bonds is 5. The van der Waals surface area contributed by atoms with Crippen molar-refractivity contribution in [1.29, 1.82) is 0 Å². The zero-order chi connectivity index (χ0) is 23.0. The standard InChI is InChI=1S/C23H21N3O4S2/c1-14-20(22(28)26(24(14)2)16-8-6-5-7-9-16)25-21(27)19(32-23(25)31)13-15-10-11-17(29-3)18(12-15)30-4/h5-13H,1-4H3/b19-13+. The molecule has 0 bridgehead atoms. The van der Waals surface area contributed by atoms with E-state index in [1.54, 1.807) is 51.1 Å². The predicted octanol–water partition coefficient (Wildman–Crippen LogP) is 3.91. The monoisotopic (exact) mass is 467 g/mol. The van der Waals surface area contributed by atoms with Gasteiger partial charge >= 0.3 is 0 Å². The summed E-state index contributed by atoms with van der Waals surface area (Å²) in [6.45, 7) is 1.80. The lowest BCUT2D eigenvalue weighted by Crippen LogP contribution is -2.33. The van der Waals surface area contributed by atoms with Gasteiger partial charge in [-0.15, -0.1) is 0 Å². The van der Waals surface area contributed by atoms with Gasteiger partial charge in [-0.1, -0.05) is 48.2 Å². The first-order valence-corrected chi connectivity index (χ1v) is 10.9. The lowest BCUT2D eigenvalue weighted by Gasteiger charge is -2.12. The van der Waals surface area contributed by atoms with Crippen LogP contribution in [0.5, 0.6) is 11.5 Å². The van der Waals surface area contributed by atoms with Gasteiger partial charge in [-0.2, -0.15) is 0 Å². The molecule has 0 N–H and O–H groups in total. The van der Waals surface area contributed by atoms with Gasteiger partial charge in [0.2, 0.25) is 0 Å². The Bertz CT molecular complexity index is 1310. The number of nitrogens with zero attached hydrogens (tertiary/aromatic N) is 3. The van der Waals surface area contributed by atoms with Crippen molar-refractivity contribution in [2.75, 3.05) is 19.1 Å². The topological polar surface area (TPSA) is 65.7 Å². The molecule has 0 spiro atoms. The van der Waals surface area contributed by atoms with Crippen LogP contribution in [0.4, 0.5) is 5.69 Å². The molecule has 1 amide bonds. The summed E-state index contributed by atoms with van der Waals surface area (Å²) in [5.74, 6) is 0.820. The van der Waals surface area contributed by atoms with Crippen molar-refractivity contribution in [3.05, 3.63) is 75.0 Å². The second-order valence-electron chi connectivity index (χ2n) is 7.04. The molecule has 1 aromatic heterocycles. The second-order valence-corrected chi connectivity index (χ2v) is 8.72. The van der Waals surface area contributed by atoms with E-state index >= 15 is 0 Å². The molecule has 32 heavy (non-hydrogen) atoms. The van der Waals surface area contributed by atoms with Gasteiger partial charge in [-0.05, 0) is 42.8 Å². The summed E-state index contributed by atoms with van der Waals surface area (Å²) in [6.07, 6.45) is 1.73. The Kier molecular flexibility index (Phi) is 5.94. The van der Waals surface area contributed by atoms with Gasteiger partial charge < -0.3 is 9.47 Å². The molecule has 164 valence electrons. The minimum atomic E-state index is -0.333. The largest absolute Gasteiger partial charge is 0.493 e. The maximum Gasteiger partial charge on any atom is 0.296 e. The van der Waals surface area contributed by atoms with Gasteiger partial charge in [0.05, 0.1) is 30.5 Å². The Morgan fingerprint density at radius 1 is 1.00 bits per heavy atom. The van der Waals surface area contributed by atoms with E-state index in [0.717, 1.165) is 17.3 Å². The third-order valence-electron chi connectivity index (χ3n) is 5.25. The van der Waals surface area contributed by atoms with Crippen LogP contribution in [0.3, 0.4) is 0 Å².